The molecule has 0 unspecified atom stereocenters. The molecule has 0 saturated heterocycles. The third-order valence-corrected chi connectivity index (χ3v) is 3.74. The Morgan fingerprint density at radius 3 is 2.36 bits per heavy atom. The Hall–Kier alpha value is -3.13. The van der Waals surface area contributed by atoms with Gasteiger partial charge < -0.3 is 9.84 Å². The number of aryl methyl sites for hydroxylation is 2. The van der Waals surface area contributed by atoms with Crippen molar-refractivity contribution in [2.75, 3.05) is 13.7 Å². The lowest BCUT2D eigenvalue weighted by atomic mass is 9.89. The molecule has 8 nitrogen and oxygen atoms in total. The number of esters is 1. The number of carbonyl (C=O) groups excluding carboxylic acids is 2. The maximum absolute atomic E-state index is 12.3. The summed E-state index contributed by atoms with van der Waals surface area (Å²) in [5.41, 5.74) is 0.303. The second-order valence-corrected chi connectivity index (χ2v) is 5.25. The van der Waals surface area contributed by atoms with Crippen LogP contribution in [0.2, 0.25) is 0 Å². The number of aliphatic hydroxyl groups is 1. The van der Waals surface area contributed by atoms with Crippen LogP contribution in [-0.4, -0.2) is 40.5 Å². The molecule has 0 aliphatic rings. The van der Waals surface area contributed by atoms with E-state index in [4.69, 9.17) is 4.74 Å². The molecular weight excluding hydrogens is 328 g/mol. The second kappa shape index (κ2) is 7.18. The lowest BCUT2D eigenvalue weighted by Crippen LogP contribution is -2.17. The monoisotopic (exact) mass is 344 g/mol. The molecule has 130 valence electrons. The first-order valence-corrected chi connectivity index (χ1v) is 7.30. The van der Waals surface area contributed by atoms with Gasteiger partial charge in [-0.15, -0.1) is 0 Å². The molecule has 0 aliphatic heterocycles. The molecule has 0 atom stereocenters. The summed E-state index contributed by atoms with van der Waals surface area (Å²) >= 11 is 0. The summed E-state index contributed by atoms with van der Waals surface area (Å²) in [6.45, 7) is 2.26. The van der Waals surface area contributed by atoms with Gasteiger partial charge in [0.25, 0.3) is 5.69 Å². The number of benzene rings is 1. The van der Waals surface area contributed by atoms with E-state index in [9.17, 15) is 24.8 Å². The standard InChI is InChI=1S/C17H16N2O6/c1-9-14(13(21)8-20)16(15(10(2)18-9)17(22)25-3)11-6-4-5-7-12(11)19(23)24/h4-7,20H,8H2,1-3H3. The summed E-state index contributed by atoms with van der Waals surface area (Å²) in [5, 5.41) is 20.7. The van der Waals surface area contributed by atoms with Gasteiger partial charge in [0, 0.05) is 17.3 Å². The molecule has 0 radical (unpaired) electrons. The van der Waals surface area contributed by atoms with Gasteiger partial charge in [-0.3, -0.25) is 19.9 Å². The fourth-order valence-electron chi connectivity index (χ4n) is 2.74. The van der Waals surface area contributed by atoms with E-state index in [1.54, 1.807) is 13.0 Å². The Labute approximate surface area is 143 Å². The van der Waals surface area contributed by atoms with E-state index in [0.717, 1.165) is 0 Å². The lowest BCUT2D eigenvalue weighted by molar-refractivity contribution is -0.384. The van der Waals surface area contributed by atoms with Crippen molar-refractivity contribution in [2.24, 2.45) is 0 Å². The Kier molecular flexibility index (Phi) is 5.23. The van der Waals surface area contributed by atoms with Gasteiger partial charge in [0.05, 0.1) is 34.4 Å². The number of nitrogens with zero attached hydrogens (tertiary/aromatic N) is 2. The van der Waals surface area contributed by atoms with Crippen LogP contribution >= 0.6 is 0 Å². The van der Waals surface area contributed by atoms with Crippen molar-refractivity contribution < 1.29 is 24.4 Å². The molecule has 0 bridgehead atoms. The number of pyridine rings is 1. The van der Waals surface area contributed by atoms with E-state index in [1.165, 1.54) is 32.2 Å². The number of para-hydroxylation sites is 1. The Morgan fingerprint density at radius 1 is 1.20 bits per heavy atom. The van der Waals surface area contributed by atoms with Crippen LogP contribution in [0.4, 0.5) is 5.69 Å². The van der Waals surface area contributed by atoms with E-state index < -0.39 is 23.3 Å². The number of hydrogen-bond acceptors (Lipinski definition) is 7. The molecule has 2 aromatic rings. The first-order valence-electron chi connectivity index (χ1n) is 7.30. The molecular formula is C17H16N2O6. The van der Waals surface area contributed by atoms with Crippen LogP contribution in [0, 0.1) is 24.0 Å². The third kappa shape index (κ3) is 3.24. The first-order chi connectivity index (χ1) is 11.8. The molecule has 1 aromatic heterocycles. The highest BCUT2D eigenvalue weighted by Crippen LogP contribution is 2.37. The predicted octanol–water partition coefficient (Wildman–Crippen LogP) is 2.24. The summed E-state index contributed by atoms with van der Waals surface area (Å²) in [4.78, 5) is 39.5. The van der Waals surface area contributed by atoms with Crippen LogP contribution in [0.15, 0.2) is 24.3 Å². The smallest absolute Gasteiger partial charge is 0.340 e. The van der Waals surface area contributed by atoms with Gasteiger partial charge in [-0.2, -0.15) is 0 Å². The van der Waals surface area contributed by atoms with Crippen molar-refractivity contribution in [3.63, 3.8) is 0 Å². The van der Waals surface area contributed by atoms with Crippen LogP contribution in [0.1, 0.15) is 32.1 Å². The molecule has 0 aliphatic carbocycles. The normalized spacial score (nSPS) is 10.4. The minimum Gasteiger partial charge on any atom is -0.465 e. The van der Waals surface area contributed by atoms with Gasteiger partial charge in [0.15, 0.2) is 5.78 Å². The number of aromatic nitrogens is 1. The van der Waals surface area contributed by atoms with Gasteiger partial charge in [0.1, 0.15) is 6.61 Å². The molecule has 1 N–H and O–H groups in total. The van der Waals surface area contributed by atoms with E-state index in [0.29, 0.717) is 0 Å². The molecule has 25 heavy (non-hydrogen) atoms. The van der Waals surface area contributed by atoms with Gasteiger partial charge >= 0.3 is 5.97 Å². The van der Waals surface area contributed by atoms with Crippen LogP contribution in [0.3, 0.4) is 0 Å². The SMILES string of the molecule is COC(=O)c1c(C)nc(C)c(C(=O)CO)c1-c1ccccc1[N+](=O)[O-]. The number of hydrogen-bond donors (Lipinski definition) is 1. The fraction of sp³-hybridized carbons (Fsp3) is 0.235. The molecule has 0 amide bonds. The van der Waals surface area contributed by atoms with Crippen LogP contribution < -0.4 is 0 Å². The number of carbonyl (C=O) groups is 2. The van der Waals surface area contributed by atoms with E-state index in [2.05, 4.69) is 4.98 Å². The lowest BCUT2D eigenvalue weighted by Gasteiger charge is -2.17. The highest BCUT2D eigenvalue weighted by atomic mass is 16.6. The largest absolute Gasteiger partial charge is 0.465 e. The number of aliphatic hydroxyl groups excluding tert-OH is 1. The molecule has 8 heteroatoms. The number of nitro benzene ring substituents is 1. The molecule has 2 rings (SSSR count). The fourth-order valence-corrected chi connectivity index (χ4v) is 2.74. The molecule has 0 spiro atoms. The summed E-state index contributed by atoms with van der Waals surface area (Å²) in [6, 6.07) is 5.75. The summed E-state index contributed by atoms with van der Waals surface area (Å²) < 4.78 is 4.77. The quantitative estimate of drug-likeness (QED) is 0.382. The number of nitro groups is 1. The molecule has 1 aromatic carbocycles. The number of ketones is 1. The average molecular weight is 344 g/mol. The number of rotatable bonds is 5. The average Bonchev–Trinajstić information content (AvgIpc) is 2.59. The zero-order valence-electron chi connectivity index (χ0n) is 13.9. The molecule has 0 fully saturated rings. The first kappa shape index (κ1) is 18.2. The van der Waals surface area contributed by atoms with Gasteiger partial charge in [-0.05, 0) is 19.9 Å². The van der Waals surface area contributed by atoms with Crippen molar-refractivity contribution in [1.29, 1.82) is 0 Å². The van der Waals surface area contributed by atoms with E-state index in [-0.39, 0.29) is 39.3 Å². The van der Waals surface area contributed by atoms with Crippen molar-refractivity contribution >= 4 is 17.4 Å². The van der Waals surface area contributed by atoms with Crippen LogP contribution in [0.5, 0.6) is 0 Å². The highest BCUT2D eigenvalue weighted by Gasteiger charge is 2.29. The Balaban J connectivity index is 3.03. The van der Waals surface area contributed by atoms with Gasteiger partial charge in [-0.25, -0.2) is 4.79 Å². The van der Waals surface area contributed by atoms with E-state index >= 15 is 0 Å². The van der Waals surface area contributed by atoms with Crippen molar-refractivity contribution in [2.45, 2.75) is 13.8 Å². The predicted molar refractivity (Wildman–Crippen MR) is 88.6 cm³/mol. The summed E-state index contributed by atoms with van der Waals surface area (Å²) in [6.07, 6.45) is 0. The van der Waals surface area contributed by atoms with Gasteiger partial charge in [-0.1, -0.05) is 12.1 Å². The number of ether oxygens (including phenoxy) is 1. The maximum atomic E-state index is 12.3. The molecule has 0 saturated carbocycles. The van der Waals surface area contributed by atoms with Crippen molar-refractivity contribution in [3.8, 4) is 11.1 Å². The number of Topliss-reactive ketones (excluding diaryl/α,β-unsaturated/α-hetero) is 1. The summed E-state index contributed by atoms with van der Waals surface area (Å²) in [5.74, 6) is -1.46. The minimum atomic E-state index is -0.820. The minimum absolute atomic E-state index is 0.0391. The summed E-state index contributed by atoms with van der Waals surface area (Å²) in [7, 11) is 1.17. The maximum Gasteiger partial charge on any atom is 0.340 e. The molecule has 1 heterocycles. The number of methoxy groups -OCH3 is 1. The zero-order valence-corrected chi connectivity index (χ0v) is 13.9. The van der Waals surface area contributed by atoms with Gasteiger partial charge in [0.2, 0.25) is 0 Å². The Morgan fingerprint density at radius 2 is 1.80 bits per heavy atom. The Bertz CT molecular complexity index is 835. The highest BCUT2D eigenvalue weighted by molar-refractivity contribution is 6.10. The topological polar surface area (TPSA) is 120 Å². The zero-order chi connectivity index (χ0) is 18.7. The van der Waals surface area contributed by atoms with Crippen molar-refractivity contribution in [1.82, 2.24) is 4.98 Å². The van der Waals surface area contributed by atoms with Crippen LogP contribution in [-0.2, 0) is 4.74 Å². The van der Waals surface area contributed by atoms with Crippen molar-refractivity contribution in [3.05, 3.63) is 56.9 Å². The van der Waals surface area contributed by atoms with Crippen LogP contribution in [0.25, 0.3) is 11.1 Å². The third-order valence-electron chi connectivity index (χ3n) is 3.74. The van der Waals surface area contributed by atoms with E-state index in [1.807, 2.05) is 0 Å². The second-order valence-electron chi connectivity index (χ2n) is 5.25.